The van der Waals surface area contributed by atoms with Crippen molar-refractivity contribution >= 4 is 11.7 Å². The summed E-state index contributed by atoms with van der Waals surface area (Å²) in [4.78, 5) is 36.9. The molecule has 1 N–H and O–H groups in total. The van der Waals surface area contributed by atoms with E-state index in [1.807, 2.05) is 44.0 Å². The molecular formula is C32H38FN5O3. The minimum Gasteiger partial charge on any atom is -0.508 e. The number of phenolic OH excluding ortho intramolecular Hbond substituents is 1. The van der Waals surface area contributed by atoms with Crippen LogP contribution in [-0.4, -0.2) is 63.1 Å². The molecular weight excluding hydrogens is 521 g/mol. The number of aryl methyl sites for hydroxylation is 1. The van der Waals surface area contributed by atoms with Crippen molar-refractivity contribution < 1.29 is 14.3 Å². The first-order valence-electron chi connectivity index (χ1n) is 14.1. The molecule has 8 nitrogen and oxygen atoms in total. The maximum atomic E-state index is 15.2. The Morgan fingerprint density at radius 1 is 1.20 bits per heavy atom. The Morgan fingerprint density at radius 3 is 2.59 bits per heavy atom. The predicted molar refractivity (Wildman–Crippen MR) is 158 cm³/mol. The van der Waals surface area contributed by atoms with Crippen LogP contribution < -0.4 is 10.6 Å². The van der Waals surface area contributed by atoms with Gasteiger partial charge in [0.1, 0.15) is 17.4 Å². The number of piperazine rings is 1. The summed E-state index contributed by atoms with van der Waals surface area (Å²) in [7, 11) is 1.90. The largest absolute Gasteiger partial charge is 0.508 e. The molecule has 0 saturated carbocycles. The number of rotatable bonds is 5. The van der Waals surface area contributed by atoms with Gasteiger partial charge in [0.05, 0.1) is 5.69 Å². The lowest BCUT2D eigenvalue weighted by Crippen LogP contribution is -2.54. The van der Waals surface area contributed by atoms with Gasteiger partial charge in [-0.2, -0.15) is 4.98 Å². The number of hydrogen-bond donors (Lipinski definition) is 1. The second-order valence-electron chi connectivity index (χ2n) is 11.5. The van der Waals surface area contributed by atoms with E-state index in [4.69, 9.17) is 4.98 Å². The van der Waals surface area contributed by atoms with E-state index in [1.165, 1.54) is 24.3 Å². The fourth-order valence-electron chi connectivity index (χ4n) is 6.36. The van der Waals surface area contributed by atoms with Gasteiger partial charge in [0, 0.05) is 61.5 Å². The van der Waals surface area contributed by atoms with Gasteiger partial charge < -0.3 is 14.9 Å². The van der Waals surface area contributed by atoms with E-state index in [9.17, 15) is 14.7 Å². The number of carbonyl (C=O) groups is 1. The number of aromatic nitrogens is 2. The highest BCUT2D eigenvalue weighted by molar-refractivity contribution is 5.87. The zero-order valence-corrected chi connectivity index (χ0v) is 24.4. The number of fused-ring (bicyclic) bond motifs is 1. The van der Waals surface area contributed by atoms with Crippen LogP contribution >= 0.6 is 0 Å². The van der Waals surface area contributed by atoms with Crippen LogP contribution in [0.15, 0.2) is 53.8 Å². The molecule has 2 aromatic carbocycles. The van der Waals surface area contributed by atoms with Crippen molar-refractivity contribution in [2.24, 2.45) is 0 Å². The summed E-state index contributed by atoms with van der Waals surface area (Å²) in [5, 5.41) is 10.7. The number of nitrogens with zero attached hydrogens (tertiary/aromatic N) is 5. The summed E-state index contributed by atoms with van der Waals surface area (Å²) in [6.07, 6.45) is 1.63. The average Bonchev–Trinajstić information content (AvgIpc) is 2.93. The normalized spacial score (nSPS) is 19.4. The average molecular weight is 560 g/mol. The topological polar surface area (TPSA) is 81.9 Å². The molecule has 1 saturated heterocycles. The van der Waals surface area contributed by atoms with Gasteiger partial charge in [0.25, 0.3) is 0 Å². The first-order valence-corrected chi connectivity index (χ1v) is 14.1. The summed E-state index contributed by atoms with van der Waals surface area (Å²) in [5.74, 6) is 0.0464. The van der Waals surface area contributed by atoms with Crippen LogP contribution in [-0.2, 0) is 17.8 Å². The third-order valence-electron chi connectivity index (χ3n) is 8.47. The Kier molecular flexibility index (Phi) is 7.74. The lowest BCUT2D eigenvalue weighted by molar-refractivity contribution is -0.126. The molecule has 2 aliphatic rings. The number of para-hydroxylation sites is 1. The van der Waals surface area contributed by atoms with Crippen molar-refractivity contribution in [3.8, 4) is 11.4 Å². The van der Waals surface area contributed by atoms with Gasteiger partial charge in [-0.1, -0.05) is 44.7 Å². The second-order valence-corrected chi connectivity index (χ2v) is 11.5. The molecule has 5 rings (SSSR count). The van der Waals surface area contributed by atoms with Crippen LogP contribution in [0.4, 0.5) is 10.2 Å². The van der Waals surface area contributed by atoms with Gasteiger partial charge in [-0.05, 0) is 56.1 Å². The molecule has 2 unspecified atom stereocenters. The molecule has 0 bridgehead atoms. The van der Waals surface area contributed by atoms with Gasteiger partial charge in [-0.3, -0.25) is 14.3 Å². The van der Waals surface area contributed by atoms with Crippen LogP contribution in [0, 0.1) is 12.7 Å². The third-order valence-corrected chi connectivity index (χ3v) is 8.47. The van der Waals surface area contributed by atoms with Crippen molar-refractivity contribution in [1.29, 1.82) is 0 Å². The number of anilines is 1. The Labute approximate surface area is 240 Å². The van der Waals surface area contributed by atoms with E-state index in [0.717, 1.165) is 28.1 Å². The lowest BCUT2D eigenvalue weighted by atomic mass is 9.91. The smallest absolute Gasteiger partial charge is 0.354 e. The highest BCUT2D eigenvalue weighted by Crippen LogP contribution is 2.41. The Hall–Kier alpha value is -3.98. The molecule has 2 aliphatic heterocycles. The molecule has 1 fully saturated rings. The van der Waals surface area contributed by atoms with Gasteiger partial charge in [-0.15, -0.1) is 0 Å². The monoisotopic (exact) mass is 559 g/mol. The number of benzene rings is 2. The van der Waals surface area contributed by atoms with E-state index in [1.54, 1.807) is 9.47 Å². The molecule has 0 spiro atoms. The fourth-order valence-corrected chi connectivity index (χ4v) is 6.36. The van der Waals surface area contributed by atoms with Crippen LogP contribution in [0.1, 0.15) is 60.7 Å². The summed E-state index contributed by atoms with van der Waals surface area (Å²) < 4.78 is 16.9. The van der Waals surface area contributed by atoms with Crippen molar-refractivity contribution in [3.05, 3.63) is 93.3 Å². The van der Waals surface area contributed by atoms with E-state index >= 15 is 4.39 Å². The Morgan fingerprint density at radius 2 is 1.93 bits per heavy atom. The van der Waals surface area contributed by atoms with Gasteiger partial charge in [-0.25, -0.2) is 9.18 Å². The maximum Gasteiger partial charge on any atom is 0.354 e. The first kappa shape index (κ1) is 28.5. The predicted octanol–water partition coefficient (Wildman–Crippen LogP) is 4.46. The Balaban J connectivity index is 1.72. The maximum absolute atomic E-state index is 15.2. The van der Waals surface area contributed by atoms with E-state index in [0.29, 0.717) is 38.4 Å². The van der Waals surface area contributed by atoms with Crippen LogP contribution in [0.3, 0.4) is 0 Å². The second kappa shape index (κ2) is 11.1. The minimum atomic E-state index is -0.490. The van der Waals surface area contributed by atoms with Crippen LogP contribution in [0.5, 0.6) is 5.75 Å². The van der Waals surface area contributed by atoms with E-state index < -0.39 is 17.5 Å². The summed E-state index contributed by atoms with van der Waals surface area (Å²) in [6.45, 7) is 13.7. The van der Waals surface area contributed by atoms with Crippen molar-refractivity contribution in [2.75, 3.05) is 31.6 Å². The molecule has 1 aromatic heterocycles. The first-order chi connectivity index (χ1) is 19.5. The molecule has 9 heteroatoms. The third kappa shape index (κ3) is 5.03. The molecule has 1 amide bonds. The number of hydrogen-bond acceptors (Lipinski definition) is 6. The summed E-state index contributed by atoms with van der Waals surface area (Å²) in [6, 6.07) is 9.78. The number of carbonyl (C=O) groups excluding carboxylic acids is 1. The molecule has 2 atom stereocenters. The SMILES string of the molecule is C=CC(=O)N1CCN(c2nc(=O)n(-c3c(C)cccc3C(C)C)c3c2CN(C)C(c2c(O)cccc2F)C3)C(C)C1. The zero-order valence-electron chi connectivity index (χ0n) is 24.4. The standard InChI is InChI=1S/C32H38FN5O3/c1-7-28(40)36-14-15-37(21(5)17-36)31-23-18-35(6)26(29-24(33)12-9-13-27(29)39)16-25(23)38(32(41)34-31)30-20(4)10-8-11-22(30)19(2)3/h7-13,19,21,26,39H,1,14-18H2,2-6H3. The minimum absolute atomic E-state index is 0.0807. The zero-order chi connectivity index (χ0) is 29.6. The molecule has 0 radical (unpaired) electrons. The highest BCUT2D eigenvalue weighted by Gasteiger charge is 2.37. The summed E-state index contributed by atoms with van der Waals surface area (Å²) >= 11 is 0. The molecule has 216 valence electrons. The summed E-state index contributed by atoms with van der Waals surface area (Å²) in [5.41, 5.74) is 4.26. The van der Waals surface area contributed by atoms with Gasteiger partial charge in [0.2, 0.25) is 5.91 Å². The van der Waals surface area contributed by atoms with Crippen LogP contribution in [0.25, 0.3) is 5.69 Å². The van der Waals surface area contributed by atoms with E-state index in [2.05, 4.69) is 25.3 Å². The number of halogens is 1. The highest BCUT2D eigenvalue weighted by atomic mass is 19.1. The number of likely N-dealkylation sites (N-methyl/N-ethyl adjacent to an activating group) is 1. The molecule has 3 aromatic rings. The molecule has 0 aliphatic carbocycles. The Bertz CT molecular complexity index is 1550. The number of phenols is 1. The van der Waals surface area contributed by atoms with Crippen molar-refractivity contribution in [3.63, 3.8) is 0 Å². The molecule has 41 heavy (non-hydrogen) atoms. The van der Waals surface area contributed by atoms with Crippen LogP contribution in [0.2, 0.25) is 0 Å². The van der Waals surface area contributed by atoms with Crippen molar-refractivity contribution in [1.82, 2.24) is 19.4 Å². The van der Waals surface area contributed by atoms with Gasteiger partial charge in [0.15, 0.2) is 0 Å². The fraction of sp³-hybridized carbons (Fsp3) is 0.406. The number of amides is 1. The molecule has 3 heterocycles. The quantitative estimate of drug-likeness (QED) is 0.465. The lowest BCUT2D eigenvalue weighted by Gasteiger charge is -2.43. The van der Waals surface area contributed by atoms with Gasteiger partial charge >= 0.3 is 5.69 Å². The number of aromatic hydroxyl groups is 1. The van der Waals surface area contributed by atoms with Crippen molar-refractivity contribution in [2.45, 2.75) is 58.7 Å². The van der Waals surface area contributed by atoms with E-state index in [-0.39, 0.29) is 29.2 Å².